The maximum absolute atomic E-state index is 5.89. The van der Waals surface area contributed by atoms with Crippen molar-refractivity contribution in [3.63, 3.8) is 0 Å². The lowest BCUT2D eigenvalue weighted by Crippen LogP contribution is -2.13. The van der Waals surface area contributed by atoms with Gasteiger partial charge in [0.25, 0.3) is 0 Å². The van der Waals surface area contributed by atoms with Crippen molar-refractivity contribution in [3.8, 4) is 0 Å². The summed E-state index contributed by atoms with van der Waals surface area (Å²) in [6.07, 6.45) is 0.881. The third-order valence-corrected chi connectivity index (χ3v) is 6.37. The van der Waals surface area contributed by atoms with Gasteiger partial charge in [-0.2, -0.15) is 0 Å². The molecule has 2 aromatic rings. The number of fused-ring (bicyclic) bond motifs is 1. The van der Waals surface area contributed by atoms with Crippen molar-refractivity contribution in [1.82, 2.24) is 0 Å². The Morgan fingerprint density at radius 3 is 2.30 bits per heavy atom. The Balaban J connectivity index is 0.00000200. The summed E-state index contributed by atoms with van der Waals surface area (Å²) in [6.45, 7) is 9.90. The van der Waals surface area contributed by atoms with Gasteiger partial charge in [-0.15, -0.1) is 0 Å². The average molecular weight is 285 g/mol. The molecule has 0 aliphatic heterocycles. The highest BCUT2D eigenvalue weighted by Crippen LogP contribution is 2.45. The van der Waals surface area contributed by atoms with E-state index in [1.807, 2.05) is 0 Å². The first-order chi connectivity index (χ1) is 8.97. The van der Waals surface area contributed by atoms with Crippen molar-refractivity contribution in [2.75, 3.05) is 13.0 Å². The molecule has 3 radical (unpaired) electrons. The number of ether oxygens (including phenoxy) is 1. The molecule has 1 atom stereocenters. The normalized spacial score (nSPS) is 13.0. The molecule has 2 rings (SSSR count). The van der Waals surface area contributed by atoms with Crippen molar-refractivity contribution >= 4 is 27.1 Å². The van der Waals surface area contributed by atoms with E-state index in [2.05, 4.69) is 69.9 Å². The lowest BCUT2D eigenvalue weighted by molar-refractivity contribution is 0.165. The van der Waals surface area contributed by atoms with E-state index in [1.54, 1.807) is 0 Å². The molecule has 0 heterocycles. The molecule has 0 fully saturated rings. The Labute approximate surface area is 126 Å². The lowest BCUT2D eigenvalue weighted by atomic mass is 10.1. The zero-order valence-corrected chi connectivity index (χ0v) is 13.8. The quantitative estimate of drug-likeness (QED) is 0.576. The van der Waals surface area contributed by atoms with Crippen molar-refractivity contribution in [3.05, 3.63) is 48.0 Å². The molecule has 0 amide bonds. The molecule has 2 aromatic carbocycles. The van der Waals surface area contributed by atoms with Crippen LogP contribution in [0.25, 0.3) is 10.8 Å². The second-order valence-corrected chi connectivity index (χ2v) is 9.02. The summed E-state index contributed by atoms with van der Waals surface area (Å²) < 4.78 is 5.89. The summed E-state index contributed by atoms with van der Waals surface area (Å²) in [5.74, 6) is 0. The van der Waals surface area contributed by atoms with E-state index in [1.165, 1.54) is 16.3 Å². The maximum Gasteiger partial charge on any atom is 0.0721 e. The van der Waals surface area contributed by atoms with Crippen LogP contribution in [-0.4, -0.2) is 26.6 Å². The van der Waals surface area contributed by atoms with Crippen molar-refractivity contribution in [2.24, 2.45) is 0 Å². The SMILES string of the molecule is C[P@@](COCc1ccc2ccccc2c1)C(C)(C)C.[B]. The minimum atomic E-state index is -0.0747. The predicted octanol–water partition coefficient (Wildman–Crippen LogP) is 4.84. The summed E-state index contributed by atoms with van der Waals surface area (Å²) in [7, 11) is -0.0747. The van der Waals surface area contributed by atoms with Crippen LogP contribution in [-0.2, 0) is 11.3 Å². The standard InChI is InChI=1S/C17H23OP.B/c1-17(2,3)19(4)13-18-12-14-9-10-15-7-5-6-8-16(15)11-14;/h5-11H,12-13H2,1-4H3;/t19-;/m0./s1. The van der Waals surface area contributed by atoms with Gasteiger partial charge in [0.15, 0.2) is 0 Å². The average Bonchev–Trinajstić information content (AvgIpc) is 2.37. The molecule has 0 saturated carbocycles. The van der Waals surface area contributed by atoms with Crippen molar-refractivity contribution in [2.45, 2.75) is 32.5 Å². The third-order valence-electron chi connectivity index (χ3n) is 3.51. The van der Waals surface area contributed by atoms with Crippen LogP contribution in [0.15, 0.2) is 42.5 Å². The molecule has 0 N–H and O–H groups in total. The molecular weight excluding hydrogens is 262 g/mol. The second-order valence-electron chi connectivity index (χ2n) is 6.03. The highest BCUT2D eigenvalue weighted by molar-refractivity contribution is 7.58. The number of benzene rings is 2. The first kappa shape index (κ1) is 17.2. The van der Waals surface area contributed by atoms with Gasteiger partial charge < -0.3 is 4.74 Å². The second kappa shape index (κ2) is 7.25. The minimum absolute atomic E-state index is 0. The van der Waals surface area contributed by atoms with Crippen LogP contribution in [0.5, 0.6) is 0 Å². The van der Waals surface area contributed by atoms with Gasteiger partial charge in [-0.25, -0.2) is 0 Å². The van der Waals surface area contributed by atoms with Crippen LogP contribution in [0.1, 0.15) is 26.3 Å². The molecule has 0 aliphatic carbocycles. The van der Waals surface area contributed by atoms with Crippen molar-refractivity contribution < 1.29 is 4.74 Å². The Kier molecular flexibility index (Phi) is 6.23. The summed E-state index contributed by atoms with van der Waals surface area (Å²) in [5.41, 5.74) is 1.26. The van der Waals surface area contributed by atoms with E-state index in [0.29, 0.717) is 11.8 Å². The van der Waals surface area contributed by atoms with Crippen LogP contribution >= 0.6 is 7.92 Å². The number of hydrogen-bond donors (Lipinski definition) is 0. The third kappa shape index (κ3) is 4.61. The fraction of sp³-hybridized carbons (Fsp3) is 0.412. The zero-order valence-electron chi connectivity index (χ0n) is 12.9. The monoisotopic (exact) mass is 285 g/mol. The molecular formula is C17H23BOP. The summed E-state index contributed by atoms with van der Waals surface area (Å²) in [5, 5.41) is 2.95. The first-order valence-corrected chi connectivity index (χ1v) is 8.71. The Bertz CT molecular complexity index is 548. The molecule has 105 valence electrons. The van der Waals surface area contributed by atoms with E-state index >= 15 is 0 Å². The van der Waals surface area contributed by atoms with Gasteiger partial charge >= 0.3 is 0 Å². The van der Waals surface area contributed by atoms with Gasteiger partial charge in [-0.1, -0.05) is 65.1 Å². The molecule has 1 nitrogen and oxygen atoms in total. The topological polar surface area (TPSA) is 9.23 Å². The van der Waals surface area contributed by atoms with Gasteiger partial charge in [0.1, 0.15) is 0 Å². The highest BCUT2D eigenvalue weighted by Gasteiger charge is 2.19. The zero-order chi connectivity index (χ0) is 13.9. The summed E-state index contributed by atoms with van der Waals surface area (Å²) in [4.78, 5) is 0. The van der Waals surface area contributed by atoms with Crippen LogP contribution in [0.3, 0.4) is 0 Å². The van der Waals surface area contributed by atoms with Crippen LogP contribution < -0.4 is 0 Å². The molecule has 0 saturated heterocycles. The Morgan fingerprint density at radius 2 is 1.65 bits per heavy atom. The van der Waals surface area contributed by atoms with Crippen LogP contribution in [0, 0.1) is 0 Å². The smallest absolute Gasteiger partial charge is 0.0721 e. The van der Waals surface area contributed by atoms with E-state index in [-0.39, 0.29) is 16.3 Å². The molecule has 0 aliphatic rings. The molecule has 0 unspecified atom stereocenters. The Morgan fingerprint density at radius 1 is 1.00 bits per heavy atom. The molecule has 3 heteroatoms. The molecule has 0 bridgehead atoms. The fourth-order valence-electron chi connectivity index (χ4n) is 1.82. The van der Waals surface area contributed by atoms with E-state index < -0.39 is 0 Å². The minimum Gasteiger partial charge on any atom is -0.372 e. The van der Waals surface area contributed by atoms with Crippen LogP contribution in [0.2, 0.25) is 0 Å². The number of rotatable bonds is 4. The lowest BCUT2D eigenvalue weighted by Gasteiger charge is -2.27. The van der Waals surface area contributed by atoms with Gasteiger partial charge in [0.05, 0.1) is 13.0 Å². The van der Waals surface area contributed by atoms with Crippen LogP contribution in [0.4, 0.5) is 0 Å². The predicted molar refractivity (Wildman–Crippen MR) is 92.0 cm³/mol. The molecule has 0 spiro atoms. The Hall–Kier alpha value is -0.845. The van der Waals surface area contributed by atoms with Gasteiger partial charge in [0, 0.05) is 8.41 Å². The highest BCUT2D eigenvalue weighted by atomic mass is 31.1. The fourth-order valence-corrected chi connectivity index (χ4v) is 2.58. The largest absolute Gasteiger partial charge is 0.372 e. The van der Waals surface area contributed by atoms with E-state index in [9.17, 15) is 0 Å². The maximum atomic E-state index is 5.89. The van der Waals surface area contributed by atoms with Crippen molar-refractivity contribution in [1.29, 1.82) is 0 Å². The summed E-state index contributed by atoms with van der Waals surface area (Å²) in [6, 6.07) is 15.0. The van der Waals surface area contributed by atoms with Gasteiger partial charge in [-0.05, 0) is 34.2 Å². The van der Waals surface area contributed by atoms with E-state index in [0.717, 1.165) is 6.35 Å². The summed E-state index contributed by atoms with van der Waals surface area (Å²) >= 11 is 0. The van der Waals surface area contributed by atoms with E-state index in [4.69, 9.17) is 4.74 Å². The molecule has 20 heavy (non-hydrogen) atoms. The number of hydrogen-bond acceptors (Lipinski definition) is 1. The van der Waals surface area contributed by atoms with Gasteiger partial charge in [0.2, 0.25) is 0 Å². The van der Waals surface area contributed by atoms with Gasteiger partial charge in [-0.3, -0.25) is 0 Å². The first-order valence-electron chi connectivity index (χ1n) is 6.73. The molecule has 0 aromatic heterocycles.